The van der Waals surface area contributed by atoms with Crippen LogP contribution in [0.15, 0.2) is 0 Å². The van der Waals surface area contributed by atoms with Gasteiger partial charge in [0, 0.05) is 37.8 Å². The van der Waals surface area contributed by atoms with Gasteiger partial charge in [0.25, 0.3) is 0 Å². The monoisotopic (exact) mass is 230 g/mol. The summed E-state index contributed by atoms with van der Waals surface area (Å²) >= 11 is 0. The smallest absolute Gasteiger partial charge is 0.0164 e. The highest BCUT2D eigenvalue weighted by atomic mass is 15.0. The van der Waals surface area contributed by atoms with Gasteiger partial charge in [-0.05, 0) is 33.7 Å². The molecule has 0 saturated carbocycles. The molecule has 0 radical (unpaired) electrons. The average Bonchev–Trinajstić information content (AvgIpc) is 2.24. The van der Waals surface area contributed by atoms with Gasteiger partial charge in [0.1, 0.15) is 0 Å². The van der Waals surface area contributed by atoms with Gasteiger partial charge in [-0.1, -0.05) is 6.92 Å². The quantitative estimate of drug-likeness (QED) is 0.407. The summed E-state index contributed by atoms with van der Waals surface area (Å²) < 4.78 is 0. The van der Waals surface area contributed by atoms with Gasteiger partial charge in [-0.25, -0.2) is 0 Å². The van der Waals surface area contributed by atoms with E-state index in [-0.39, 0.29) is 6.04 Å². The zero-order valence-electron chi connectivity index (χ0n) is 11.3. The third-order valence-corrected chi connectivity index (χ3v) is 2.44. The summed E-state index contributed by atoms with van der Waals surface area (Å²) in [4.78, 5) is 0. The lowest BCUT2D eigenvalue weighted by atomic mass is 10.2. The van der Waals surface area contributed by atoms with Crippen LogP contribution in [0.5, 0.6) is 0 Å². The minimum Gasteiger partial charge on any atom is -0.327 e. The zero-order chi connectivity index (χ0) is 12.4. The third kappa shape index (κ3) is 10.4. The Labute approximate surface area is 101 Å². The van der Waals surface area contributed by atoms with Crippen LogP contribution in [0.4, 0.5) is 0 Å². The van der Waals surface area contributed by atoms with Crippen molar-refractivity contribution in [2.75, 3.05) is 26.2 Å². The van der Waals surface area contributed by atoms with Crippen molar-refractivity contribution < 1.29 is 0 Å². The molecule has 98 valence electrons. The van der Waals surface area contributed by atoms with Gasteiger partial charge in [-0.3, -0.25) is 0 Å². The van der Waals surface area contributed by atoms with Crippen molar-refractivity contribution >= 4 is 0 Å². The molecule has 0 amide bonds. The van der Waals surface area contributed by atoms with Crippen LogP contribution in [0.1, 0.15) is 34.1 Å². The van der Waals surface area contributed by atoms with Gasteiger partial charge in [0.15, 0.2) is 0 Å². The summed E-state index contributed by atoms with van der Waals surface area (Å²) in [6, 6.07) is 1.22. The summed E-state index contributed by atoms with van der Waals surface area (Å²) in [6.07, 6.45) is 1.19. The number of hydrogen-bond donors (Lipinski definition) is 4. The van der Waals surface area contributed by atoms with Crippen LogP contribution in [-0.4, -0.2) is 44.3 Å². The number of nitrogens with one attached hydrogen (secondary N) is 3. The maximum Gasteiger partial charge on any atom is 0.0164 e. The summed E-state index contributed by atoms with van der Waals surface area (Å²) in [5.41, 5.74) is 5.68. The van der Waals surface area contributed by atoms with Crippen molar-refractivity contribution in [2.24, 2.45) is 5.73 Å². The SMILES string of the molecule is CCCNCC(C)NCC(C)NCC(C)N. The molecule has 16 heavy (non-hydrogen) atoms. The van der Waals surface area contributed by atoms with Crippen molar-refractivity contribution in [3.05, 3.63) is 0 Å². The summed E-state index contributed by atoms with van der Waals surface area (Å²) in [5, 5.41) is 10.3. The predicted octanol–water partition coefficient (Wildman–Crippen LogP) is 0.289. The Bertz CT molecular complexity index is 150. The first-order valence-electron chi connectivity index (χ1n) is 6.49. The highest BCUT2D eigenvalue weighted by Gasteiger charge is 2.05. The molecular formula is C12H30N4. The molecule has 0 aliphatic carbocycles. The molecule has 5 N–H and O–H groups in total. The van der Waals surface area contributed by atoms with Crippen LogP contribution < -0.4 is 21.7 Å². The Morgan fingerprint density at radius 1 is 0.938 bits per heavy atom. The molecule has 0 spiro atoms. The number of hydrogen-bond acceptors (Lipinski definition) is 4. The van der Waals surface area contributed by atoms with Gasteiger partial charge >= 0.3 is 0 Å². The largest absolute Gasteiger partial charge is 0.327 e. The zero-order valence-corrected chi connectivity index (χ0v) is 11.3. The van der Waals surface area contributed by atoms with Crippen LogP contribution in [0, 0.1) is 0 Å². The maximum atomic E-state index is 5.68. The number of rotatable bonds is 10. The molecule has 3 atom stereocenters. The Morgan fingerprint density at radius 3 is 2.06 bits per heavy atom. The van der Waals surface area contributed by atoms with Crippen molar-refractivity contribution in [2.45, 2.75) is 52.2 Å². The fraction of sp³-hybridized carbons (Fsp3) is 1.00. The minimum absolute atomic E-state index is 0.228. The molecule has 0 bridgehead atoms. The summed E-state index contributed by atoms with van der Waals surface area (Å²) in [7, 11) is 0. The standard InChI is InChI=1S/C12H30N4/c1-5-6-14-8-11(3)16-9-12(4)15-7-10(2)13/h10-12,14-16H,5-9,13H2,1-4H3. The third-order valence-electron chi connectivity index (χ3n) is 2.44. The van der Waals surface area contributed by atoms with Gasteiger partial charge in [-0.2, -0.15) is 0 Å². The molecule has 4 heteroatoms. The van der Waals surface area contributed by atoms with E-state index >= 15 is 0 Å². The first kappa shape index (κ1) is 15.8. The highest BCUT2D eigenvalue weighted by Crippen LogP contribution is 1.84. The van der Waals surface area contributed by atoms with Gasteiger partial charge in [0.2, 0.25) is 0 Å². The second-order valence-electron chi connectivity index (χ2n) is 4.80. The lowest BCUT2D eigenvalue weighted by Gasteiger charge is -2.20. The Kier molecular flexibility index (Phi) is 9.92. The molecule has 0 aliphatic rings. The van der Waals surface area contributed by atoms with E-state index in [1.165, 1.54) is 6.42 Å². The normalized spacial score (nSPS) is 17.1. The van der Waals surface area contributed by atoms with E-state index < -0.39 is 0 Å². The molecule has 0 aromatic rings. The van der Waals surface area contributed by atoms with Crippen molar-refractivity contribution in [1.29, 1.82) is 0 Å². The first-order valence-corrected chi connectivity index (χ1v) is 6.49. The second-order valence-corrected chi connectivity index (χ2v) is 4.80. The topological polar surface area (TPSA) is 62.1 Å². The van der Waals surface area contributed by atoms with Crippen LogP contribution in [-0.2, 0) is 0 Å². The van der Waals surface area contributed by atoms with Crippen LogP contribution in [0.2, 0.25) is 0 Å². The van der Waals surface area contributed by atoms with E-state index in [4.69, 9.17) is 5.73 Å². The molecule has 0 aromatic heterocycles. The Morgan fingerprint density at radius 2 is 1.50 bits per heavy atom. The molecule has 3 unspecified atom stereocenters. The molecule has 0 aromatic carbocycles. The van der Waals surface area contributed by atoms with Crippen LogP contribution in [0.3, 0.4) is 0 Å². The summed E-state index contributed by atoms with van der Waals surface area (Å²) in [5.74, 6) is 0. The second kappa shape index (κ2) is 10.0. The van der Waals surface area contributed by atoms with E-state index in [2.05, 4.69) is 36.7 Å². The fourth-order valence-corrected chi connectivity index (χ4v) is 1.40. The molecule has 0 heterocycles. The van der Waals surface area contributed by atoms with E-state index in [0.717, 1.165) is 26.2 Å². The predicted molar refractivity (Wildman–Crippen MR) is 71.7 cm³/mol. The molecule has 0 aliphatic heterocycles. The maximum absolute atomic E-state index is 5.68. The van der Waals surface area contributed by atoms with E-state index in [1.54, 1.807) is 0 Å². The molecule has 0 rings (SSSR count). The van der Waals surface area contributed by atoms with Gasteiger partial charge in [-0.15, -0.1) is 0 Å². The van der Waals surface area contributed by atoms with E-state index in [9.17, 15) is 0 Å². The fourth-order valence-electron chi connectivity index (χ4n) is 1.40. The molecule has 4 nitrogen and oxygen atoms in total. The van der Waals surface area contributed by atoms with E-state index in [0.29, 0.717) is 12.1 Å². The molecule has 0 fully saturated rings. The minimum atomic E-state index is 0.228. The highest BCUT2D eigenvalue weighted by molar-refractivity contribution is 4.71. The van der Waals surface area contributed by atoms with Gasteiger partial charge < -0.3 is 21.7 Å². The van der Waals surface area contributed by atoms with E-state index in [1.807, 2.05) is 6.92 Å². The average molecular weight is 230 g/mol. The lowest BCUT2D eigenvalue weighted by Crippen LogP contribution is -2.45. The Balaban J connectivity index is 3.39. The molecule has 0 saturated heterocycles. The lowest BCUT2D eigenvalue weighted by molar-refractivity contribution is 0.437. The van der Waals surface area contributed by atoms with Crippen molar-refractivity contribution in [1.82, 2.24) is 16.0 Å². The Hall–Kier alpha value is -0.160. The first-order chi connectivity index (χ1) is 7.56. The molecular weight excluding hydrogens is 200 g/mol. The van der Waals surface area contributed by atoms with Crippen molar-refractivity contribution in [3.63, 3.8) is 0 Å². The summed E-state index contributed by atoms with van der Waals surface area (Å²) in [6.45, 7) is 12.6. The van der Waals surface area contributed by atoms with Crippen molar-refractivity contribution in [3.8, 4) is 0 Å². The number of nitrogens with two attached hydrogens (primary N) is 1. The van der Waals surface area contributed by atoms with Gasteiger partial charge in [0.05, 0.1) is 0 Å². The van der Waals surface area contributed by atoms with Crippen LogP contribution >= 0.6 is 0 Å². The van der Waals surface area contributed by atoms with Crippen LogP contribution in [0.25, 0.3) is 0 Å².